The Balaban J connectivity index is 1.63. The van der Waals surface area contributed by atoms with Gasteiger partial charge in [0.05, 0.1) is 6.61 Å². The molecule has 0 aromatic heterocycles. The molecule has 2 unspecified atom stereocenters. The molecule has 1 N–H and O–H groups in total. The summed E-state index contributed by atoms with van der Waals surface area (Å²) >= 11 is 0. The molecule has 4 heteroatoms. The second-order valence-corrected chi connectivity index (χ2v) is 5.19. The molecule has 0 bridgehead atoms. The van der Waals surface area contributed by atoms with Crippen molar-refractivity contribution in [2.75, 3.05) is 19.7 Å². The minimum atomic E-state index is 0.00453. The first-order valence-electron chi connectivity index (χ1n) is 6.50. The second-order valence-electron chi connectivity index (χ2n) is 5.19. The zero-order chi connectivity index (χ0) is 11.0. The van der Waals surface area contributed by atoms with Crippen molar-refractivity contribution in [3.8, 4) is 0 Å². The van der Waals surface area contributed by atoms with E-state index in [2.05, 4.69) is 10.2 Å². The molecule has 3 aliphatic rings. The van der Waals surface area contributed by atoms with Crippen LogP contribution in [0.2, 0.25) is 0 Å². The summed E-state index contributed by atoms with van der Waals surface area (Å²) in [5, 5.41) is 3.51. The average Bonchev–Trinajstić information content (AvgIpc) is 2.82. The van der Waals surface area contributed by atoms with Crippen LogP contribution in [-0.4, -0.2) is 48.7 Å². The lowest BCUT2D eigenvalue weighted by molar-refractivity contribution is -0.142. The molecular weight excluding hydrogens is 204 g/mol. The number of carbonyl (C=O) groups is 1. The van der Waals surface area contributed by atoms with Crippen LogP contribution in [-0.2, 0) is 9.53 Å². The fraction of sp³-hybridized carbons (Fsp3) is 0.917. The van der Waals surface area contributed by atoms with E-state index in [-0.39, 0.29) is 12.0 Å². The molecule has 16 heavy (non-hydrogen) atoms. The predicted octanol–water partition coefficient (Wildman–Crippen LogP) is 0.518. The van der Waals surface area contributed by atoms with Crippen molar-refractivity contribution < 1.29 is 9.53 Å². The number of esters is 1. The third-order valence-corrected chi connectivity index (χ3v) is 3.92. The van der Waals surface area contributed by atoms with E-state index in [0.717, 1.165) is 19.5 Å². The number of hydrogen-bond acceptors (Lipinski definition) is 4. The smallest absolute Gasteiger partial charge is 0.323 e. The zero-order valence-electron chi connectivity index (χ0n) is 9.65. The second kappa shape index (κ2) is 4.34. The van der Waals surface area contributed by atoms with E-state index in [4.69, 9.17) is 4.74 Å². The largest absolute Gasteiger partial charge is 0.464 e. The van der Waals surface area contributed by atoms with Gasteiger partial charge in [0.25, 0.3) is 0 Å². The summed E-state index contributed by atoms with van der Waals surface area (Å²) in [5.41, 5.74) is 0. The van der Waals surface area contributed by atoms with Gasteiger partial charge in [-0.15, -0.1) is 0 Å². The molecule has 2 saturated heterocycles. The standard InChI is InChI=1S/C12H20N2O2/c15-12-11(5-7-16-12)14(10-3-4-10)8-9-2-1-6-13-9/h9-11,13H,1-8H2. The van der Waals surface area contributed by atoms with Crippen LogP contribution in [0.15, 0.2) is 0 Å². The van der Waals surface area contributed by atoms with Crippen molar-refractivity contribution in [1.82, 2.24) is 10.2 Å². The predicted molar refractivity (Wildman–Crippen MR) is 60.1 cm³/mol. The maximum absolute atomic E-state index is 11.6. The van der Waals surface area contributed by atoms with Gasteiger partial charge in [0.2, 0.25) is 0 Å². The molecule has 0 amide bonds. The molecule has 0 aromatic carbocycles. The van der Waals surface area contributed by atoms with Crippen molar-refractivity contribution in [2.24, 2.45) is 0 Å². The maximum atomic E-state index is 11.6. The van der Waals surface area contributed by atoms with Gasteiger partial charge in [-0.25, -0.2) is 0 Å². The highest BCUT2D eigenvalue weighted by Crippen LogP contribution is 2.32. The number of cyclic esters (lactones) is 1. The molecule has 1 saturated carbocycles. The minimum Gasteiger partial charge on any atom is -0.464 e. The van der Waals surface area contributed by atoms with Gasteiger partial charge in [-0.3, -0.25) is 9.69 Å². The Kier molecular flexibility index (Phi) is 2.86. The number of carbonyl (C=O) groups excluding carboxylic acids is 1. The van der Waals surface area contributed by atoms with Crippen LogP contribution in [0.1, 0.15) is 32.1 Å². The van der Waals surface area contributed by atoms with Crippen molar-refractivity contribution in [3.05, 3.63) is 0 Å². The van der Waals surface area contributed by atoms with E-state index in [1.54, 1.807) is 0 Å². The summed E-state index contributed by atoms with van der Waals surface area (Å²) in [6.07, 6.45) is 5.94. The van der Waals surface area contributed by atoms with Gasteiger partial charge in [0.15, 0.2) is 0 Å². The Morgan fingerprint density at radius 1 is 1.31 bits per heavy atom. The zero-order valence-corrected chi connectivity index (χ0v) is 9.65. The highest BCUT2D eigenvalue weighted by molar-refractivity contribution is 5.77. The molecule has 2 aliphatic heterocycles. The fourth-order valence-corrected chi connectivity index (χ4v) is 2.89. The number of nitrogens with zero attached hydrogens (tertiary/aromatic N) is 1. The van der Waals surface area contributed by atoms with Gasteiger partial charge < -0.3 is 10.1 Å². The first-order valence-corrected chi connectivity index (χ1v) is 6.50. The Hall–Kier alpha value is -0.610. The minimum absolute atomic E-state index is 0.00453. The Morgan fingerprint density at radius 2 is 2.19 bits per heavy atom. The monoisotopic (exact) mass is 224 g/mol. The summed E-state index contributed by atoms with van der Waals surface area (Å²) in [7, 11) is 0. The number of ether oxygens (including phenoxy) is 1. The van der Waals surface area contributed by atoms with E-state index < -0.39 is 0 Å². The molecule has 0 aromatic rings. The Bertz CT molecular complexity index is 272. The highest BCUT2D eigenvalue weighted by atomic mass is 16.5. The van der Waals surface area contributed by atoms with Gasteiger partial charge in [-0.1, -0.05) is 0 Å². The van der Waals surface area contributed by atoms with Gasteiger partial charge in [0.1, 0.15) is 6.04 Å². The van der Waals surface area contributed by atoms with Crippen LogP contribution in [0.25, 0.3) is 0 Å². The lowest BCUT2D eigenvalue weighted by Gasteiger charge is -2.28. The molecule has 2 heterocycles. The first kappa shape index (κ1) is 10.5. The first-order chi connectivity index (χ1) is 7.84. The van der Waals surface area contributed by atoms with E-state index in [1.165, 1.54) is 25.7 Å². The molecule has 1 aliphatic carbocycles. The van der Waals surface area contributed by atoms with E-state index in [1.807, 2.05) is 0 Å². The molecule has 0 spiro atoms. The lowest BCUT2D eigenvalue weighted by Crippen LogP contribution is -2.46. The van der Waals surface area contributed by atoms with Gasteiger partial charge >= 0.3 is 5.97 Å². The molecule has 3 fully saturated rings. The quantitative estimate of drug-likeness (QED) is 0.707. The van der Waals surface area contributed by atoms with Crippen LogP contribution < -0.4 is 5.32 Å². The van der Waals surface area contributed by atoms with Gasteiger partial charge in [0, 0.05) is 25.0 Å². The number of nitrogens with one attached hydrogen (secondary N) is 1. The molecule has 2 atom stereocenters. The molecular formula is C12H20N2O2. The van der Waals surface area contributed by atoms with E-state index >= 15 is 0 Å². The van der Waals surface area contributed by atoms with Gasteiger partial charge in [-0.05, 0) is 32.2 Å². The summed E-state index contributed by atoms with van der Waals surface area (Å²) in [6, 6.07) is 1.29. The SMILES string of the molecule is O=C1OCCC1N(CC1CCCN1)C1CC1. The average molecular weight is 224 g/mol. The van der Waals surface area contributed by atoms with Crippen LogP contribution in [0.4, 0.5) is 0 Å². The highest BCUT2D eigenvalue weighted by Gasteiger charge is 2.41. The lowest BCUT2D eigenvalue weighted by atomic mass is 10.1. The van der Waals surface area contributed by atoms with Crippen molar-refractivity contribution >= 4 is 5.97 Å². The van der Waals surface area contributed by atoms with Crippen LogP contribution in [0.3, 0.4) is 0 Å². The summed E-state index contributed by atoms with van der Waals surface area (Å²) < 4.78 is 5.09. The molecule has 0 radical (unpaired) electrons. The van der Waals surface area contributed by atoms with Crippen molar-refractivity contribution in [2.45, 2.75) is 50.2 Å². The maximum Gasteiger partial charge on any atom is 0.323 e. The van der Waals surface area contributed by atoms with Crippen molar-refractivity contribution in [1.29, 1.82) is 0 Å². The van der Waals surface area contributed by atoms with Crippen LogP contribution in [0.5, 0.6) is 0 Å². The van der Waals surface area contributed by atoms with E-state index in [0.29, 0.717) is 18.7 Å². The summed E-state index contributed by atoms with van der Waals surface area (Å²) in [6.45, 7) is 2.79. The fourth-order valence-electron chi connectivity index (χ4n) is 2.89. The van der Waals surface area contributed by atoms with Gasteiger partial charge in [-0.2, -0.15) is 0 Å². The Morgan fingerprint density at radius 3 is 2.75 bits per heavy atom. The summed E-state index contributed by atoms with van der Waals surface area (Å²) in [5.74, 6) is 0.00453. The van der Waals surface area contributed by atoms with Crippen LogP contribution >= 0.6 is 0 Å². The molecule has 3 rings (SSSR count). The van der Waals surface area contributed by atoms with E-state index in [9.17, 15) is 4.79 Å². The third-order valence-electron chi connectivity index (χ3n) is 3.92. The topological polar surface area (TPSA) is 41.6 Å². The number of rotatable bonds is 4. The third kappa shape index (κ3) is 2.09. The number of hydrogen-bond donors (Lipinski definition) is 1. The molecule has 90 valence electrons. The summed E-state index contributed by atoms with van der Waals surface area (Å²) in [4.78, 5) is 14.0. The molecule has 4 nitrogen and oxygen atoms in total. The normalized spacial score (nSPS) is 34.7. The van der Waals surface area contributed by atoms with Crippen molar-refractivity contribution in [3.63, 3.8) is 0 Å². The Labute approximate surface area is 96.3 Å². The van der Waals surface area contributed by atoms with Crippen LogP contribution in [0, 0.1) is 0 Å².